The summed E-state index contributed by atoms with van der Waals surface area (Å²) < 4.78 is 1.95. The van der Waals surface area contributed by atoms with Gasteiger partial charge in [0.15, 0.2) is 11.0 Å². The van der Waals surface area contributed by atoms with Crippen LogP contribution in [0.2, 0.25) is 0 Å². The number of piperidine rings is 1. The summed E-state index contributed by atoms with van der Waals surface area (Å²) in [5.41, 5.74) is 2.11. The molecule has 1 fully saturated rings. The van der Waals surface area contributed by atoms with Crippen LogP contribution in [0.15, 0.2) is 42.1 Å². The molecule has 1 atom stereocenters. The van der Waals surface area contributed by atoms with Gasteiger partial charge in [0.05, 0.1) is 5.75 Å². The van der Waals surface area contributed by atoms with E-state index in [1.165, 1.54) is 11.8 Å². The number of thioether (sulfide) groups is 1. The first-order valence-electron chi connectivity index (χ1n) is 10.3. The van der Waals surface area contributed by atoms with Gasteiger partial charge in [0, 0.05) is 25.2 Å². The highest BCUT2D eigenvalue weighted by Crippen LogP contribution is 2.24. The van der Waals surface area contributed by atoms with Gasteiger partial charge in [-0.05, 0) is 39.2 Å². The van der Waals surface area contributed by atoms with Gasteiger partial charge in [-0.3, -0.25) is 14.2 Å². The van der Waals surface area contributed by atoms with Crippen molar-refractivity contribution in [3.05, 3.63) is 42.5 Å². The fraction of sp³-hybridized carbons (Fsp3) is 0.455. The molecule has 160 valence electrons. The lowest BCUT2D eigenvalue weighted by Gasteiger charge is -2.29. The van der Waals surface area contributed by atoms with Crippen LogP contribution in [-0.2, 0) is 16.1 Å². The van der Waals surface area contributed by atoms with Crippen molar-refractivity contribution in [3.8, 4) is 11.4 Å². The molecule has 0 radical (unpaired) electrons. The quantitative estimate of drug-likeness (QED) is 0.517. The first-order chi connectivity index (χ1) is 14.5. The molecular formula is C22H29N5O2S. The standard InChI is InChI=1S/C22H29N5O2S/c1-4-11-27-20(18-10-8-9-16(2)14-18)24-25-22(27)30-15-19(28)23-17(3)21(29)26-12-6-5-7-13-26/h4,8-10,14,17H,1,5-7,11-13,15H2,2-3H3,(H,23,28). The summed E-state index contributed by atoms with van der Waals surface area (Å²) in [7, 11) is 0. The number of aryl methyl sites for hydroxylation is 1. The third-order valence-corrected chi connectivity index (χ3v) is 6.02. The van der Waals surface area contributed by atoms with Gasteiger partial charge in [0.1, 0.15) is 6.04 Å². The number of hydrogen-bond donors (Lipinski definition) is 1. The second-order valence-corrected chi connectivity index (χ2v) is 8.48. The molecule has 2 amide bonds. The molecule has 30 heavy (non-hydrogen) atoms. The van der Waals surface area contributed by atoms with Gasteiger partial charge in [-0.25, -0.2) is 0 Å². The summed E-state index contributed by atoms with van der Waals surface area (Å²) in [4.78, 5) is 26.8. The summed E-state index contributed by atoms with van der Waals surface area (Å²) in [6.45, 7) is 9.70. The Bertz CT molecular complexity index is 905. The predicted octanol–water partition coefficient (Wildman–Crippen LogP) is 3.05. The van der Waals surface area contributed by atoms with Gasteiger partial charge in [-0.1, -0.05) is 41.6 Å². The Kier molecular flexibility index (Phi) is 7.68. The number of allylic oxidation sites excluding steroid dienone is 1. The van der Waals surface area contributed by atoms with Crippen molar-refractivity contribution in [1.29, 1.82) is 0 Å². The molecule has 1 N–H and O–H groups in total. The highest BCUT2D eigenvalue weighted by atomic mass is 32.2. The van der Waals surface area contributed by atoms with E-state index in [-0.39, 0.29) is 17.6 Å². The van der Waals surface area contributed by atoms with Gasteiger partial charge >= 0.3 is 0 Å². The number of amides is 2. The lowest BCUT2D eigenvalue weighted by molar-refractivity contribution is -0.136. The Morgan fingerprint density at radius 2 is 2.03 bits per heavy atom. The lowest BCUT2D eigenvalue weighted by atomic mass is 10.1. The van der Waals surface area contributed by atoms with Crippen LogP contribution in [-0.4, -0.2) is 56.4 Å². The van der Waals surface area contributed by atoms with Gasteiger partial charge in [0.25, 0.3) is 0 Å². The molecule has 0 bridgehead atoms. The number of hydrogen-bond acceptors (Lipinski definition) is 5. The van der Waals surface area contributed by atoms with E-state index in [0.717, 1.165) is 49.3 Å². The molecule has 7 nitrogen and oxygen atoms in total. The van der Waals surface area contributed by atoms with E-state index < -0.39 is 6.04 Å². The molecule has 0 aliphatic carbocycles. The van der Waals surface area contributed by atoms with Crippen LogP contribution in [0.1, 0.15) is 31.7 Å². The van der Waals surface area contributed by atoms with Crippen LogP contribution < -0.4 is 5.32 Å². The van der Waals surface area contributed by atoms with Crippen LogP contribution in [0.25, 0.3) is 11.4 Å². The van der Waals surface area contributed by atoms with E-state index in [1.54, 1.807) is 13.0 Å². The van der Waals surface area contributed by atoms with Crippen molar-refractivity contribution in [3.63, 3.8) is 0 Å². The molecule has 2 heterocycles. The largest absolute Gasteiger partial charge is 0.344 e. The first kappa shape index (κ1) is 22.1. The molecule has 8 heteroatoms. The smallest absolute Gasteiger partial charge is 0.244 e. The maximum Gasteiger partial charge on any atom is 0.244 e. The summed E-state index contributed by atoms with van der Waals surface area (Å²) in [6, 6.07) is 7.54. The Labute approximate surface area is 181 Å². The Hall–Kier alpha value is -2.61. The molecule has 2 aromatic rings. The fourth-order valence-electron chi connectivity index (χ4n) is 3.55. The van der Waals surface area contributed by atoms with E-state index in [9.17, 15) is 9.59 Å². The van der Waals surface area contributed by atoms with Crippen molar-refractivity contribution in [2.45, 2.75) is 50.9 Å². The van der Waals surface area contributed by atoms with Crippen molar-refractivity contribution < 1.29 is 9.59 Å². The highest BCUT2D eigenvalue weighted by molar-refractivity contribution is 7.99. The molecule has 1 aliphatic rings. The predicted molar refractivity (Wildman–Crippen MR) is 119 cm³/mol. The Morgan fingerprint density at radius 1 is 1.27 bits per heavy atom. The normalized spacial score (nSPS) is 14.9. The highest BCUT2D eigenvalue weighted by Gasteiger charge is 2.23. The molecule has 1 aliphatic heterocycles. The third kappa shape index (κ3) is 5.50. The van der Waals surface area contributed by atoms with Crippen LogP contribution in [0.4, 0.5) is 0 Å². The van der Waals surface area contributed by atoms with Gasteiger partial charge < -0.3 is 10.2 Å². The van der Waals surface area contributed by atoms with Gasteiger partial charge in [-0.2, -0.15) is 0 Å². The minimum absolute atomic E-state index is 0.00962. The first-order valence-corrected chi connectivity index (χ1v) is 11.3. The topological polar surface area (TPSA) is 80.1 Å². The molecule has 0 spiro atoms. The SMILES string of the molecule is C=CCn1c(SCC(=O)NC(C)C(=O)N2CCCCC2)nnc1-c1cccc(C)c1. The average molecular weight is 428 g/mol. The molecule has 1 unspecified atom stereocenters. The van der Waals surface area contributed by atoms with Crippen LogP contribution in [0, 0.1) is 6.92 Å². The number of carbonyl (C=O) groups is 2. The van der Waals surface area contributed by atoms with Crippen molar-refractivity contribution >= 4 is 23.6 Å². The molecule has 1 aromatic heterocycles. The number of nitrogens with zero attached hydrogens (tertiary/aromatic N) is 4. The van der Waals surface area contributed by atoms with E-state index in [0.29, 0.717) is 11.7 Å². The van der Waals surface area contributed by atoms with Crippen LogP contribution in [0.3, 0.4) is 0 Å². The van der Waals surface area contributed by atoms with Crippen molar-refractivity contribution in [1.82, 2.24) is 25.0 Å². The fourth-order valence-corrected chi connectivity index (χ4v) is 4.31. The molecule has 3 rings (SSSR count). The zero-order valence-corrected chi connectivity index (χ0v) is 18.5. The second kappa shape index (κ2) is 10.4. The summed E-state index contributed by atoms with van der Waals surface area (Å²) >= 11 is 1.31. The number of carbonyl (C=O) groups excluding carboxylic acids is 2. The van der Waals surface area contributed by atoms with Crippen LogP contribution >= 0.6 is 11.8 Å². The van der Waals surface area contributed by atoms with E-state index in [2.05, 4.69) is 28.2 Å². The minimum atomic E-state index is -0.523. The van der Waals surface area contributed by atoms with Gasteiger partial charge in [0.2, 0.25) is 11.8 Å². The monoisotopic (exact) mass is 427 g/mol. The zero-order chi connectivity index (χ0) is 21.5. The van der Waals surface area contributed by atoms with E-state index in [1.807, 2.05) is 34.6 Å². The molecule has 0 saturated carbocycles. The third-order valence-electron chi connectivity index (χ3n) is 5.05. The molecular weight excluding hydrogens is 398 g/mol. The summed E-state index contributed by atoms with van der Waals surface area (Å²) in [5, 5.41) is 12.1. The zero-order valence-electron chi connectivity index (χ0n) is 17.6. The van der Waals surface area contributed by atoms with Gasteiger partial charge in [-0.15, -0.1) is 16.8 Å². The van der Waals surface area contributed by atoms with Crippen molar-refractivity contribution in [2.75, 3.05) is 18.8 Å². The number of nitrogens with one attached hydrogen (secondary N) is 1. The second-order valence-electron chi connectivity index (χ2n) is 7.54. The number of benzene rings is 1. The number of rotatable bonds is 8. The van der Waals surface area contributed by atoms with Crippen LogP contribution in [0.5, 0.6) is 0 Å². The van der Waals surface area contributed by atoms with E-state index >= 15 is 0 Å². The lowest BCUT2D eigenvalue weighted by Crippen LogP contribution is -2.48. The van der Waals surface area contributed by atoms with E-state index in [4.69, 9.17) is 0 Å². The maximum atomic E-state index is 12.5. The van der Waals surface area contributed by atoms with Crippen molar-refractivity contribution in [2.24, 2.45) is 0 Å². The summed E-state index contributed by atoms with van der Waals surface area (Å²) in [6.07, 6.45) is 5.01. The Balaban J connectivity index is 1.61. The summed E-state index contributed by atoms with van der Waals surface area (Å²) in [5.74, 6) is 0.712. The maximum absolute atomic E-state index is 12.5. The Morgan fingerprint density at radius 3 is 2.73 bits per heavy atom. The molecule has 1 aromatic carbocycles. The number of likely N-dealkylation sites (tertiary alicyclic amines) is 1. The molecule has 1 saturated heterocycles. The average Bonchev–Trinajstić information content (AvgIpc) is 3.15. The number of aromatic nitrogens is 3. The minimum Gasteiger partial charge on any atom is -0.344 e.